The smallest absolute Gasteiger partial charge is 0.220 e. The summed E-state index contributed by atoms with van der Waals surface area (Å²) in [5, 5.41) is 54.0. The highest BCUT2D eigenvalue weighted by Crippen LogP contribution is 2.23. The van der Waals surface area contributed by atoms with Gasteiger partial charge in [-0.15, -0.1) is 0 Å². The second kappa shape index (κ2) is 33.3. The fourth-order valence-electron chi connectivity index (χ4n) is 6.99. The zero-order chi connectivity index (χ0) is 38.2. The molecule has 0 radical (unpaired) electrons. The number of allylic oxidation sites excluding steroid dienone is 1. The Hall–Kier alpha value is -1.07. The Bertz CT molecular complexity index is 840. The van der Waals surface area contributed by atoms with E-state index >= 15 is 0 Å². The van der Waals surface area contributed by atoms with Crippen molar-refractivity contribution in [2.75, 3.05) is 13.2 Å². The van der Waals surface area contributed by atoms with Gasteiger partial charge in [0, 0.05) is 6.42 Å². The molecule has 1 heterocycles. The average Bonchev–Trinajstić information content (AvgIpc) is 3.13. The van der Waals surface area contributed by atoms with Crippen molar-refractivity contribution < 1.29 is 39.8 Å². The van der Waals surface area contributed by atoms with Crippen LogP contribution in [0, 0.1) is 5.92 Å². The molecule has 1 aliphatic heterocycles. The molecule has 0 aromatic carbocycles. The van der Waals surface area contributed by atoms with E-state index < -0.39 is 49.5 Å². The van der Waals surface area contributed by atoms with Gasteiger partial charge in [0.1, 0.15) is 24.4 Å². The summed E-state index contributed by atoms with van der Waals surface area (Å²) in [4.78, 5) is 12.9. The fourth-order valence-corrected chi connectivity index (χ4v) is 6.99. The molecule has 0 saturated carbocycles. The molecule has 52 heavy (non-hydrogen) atoms. The highest BCUT2D eigenvalue weighted by atomic mass is 16.7. The number of aliphatic hydroxyl groups is 5. The molecule has 0 aromatic heterocycles. The summed E-state index contributed by atoms with van der Waals surface area (Å²) < 4.78 is 11.2. The van der Waals surface area contributed by atoms with E-state index in [9.17, 15) is 30.3 Å². The van der Waals surface area contributed by atoms with Crippen LogP contribution in [-0.2, 0) is 14.3 Å². The van der Waals surface area contributed by atoms with E-state index in [0.29, 0.717) is 6.42 Å². The van der Waals surface area contributed by atoms with Gasteiger partial charge >= 0.3 is 0 Å². The van der Waals surface area contributed by atoms with Gasteiger partial charge in [-0.25, -0.2) is 0 Å². The molecular formula is C43H83NO8. The summed E-state index contributed by atoms with van der Waals surface area (Å²) in [5.74, 6) is 0.604. The number of hydrogen-bond acceptors (Lipinski definition) is 8. The van der Waals surface area contributed by atoms with Crippen molar-refractivity contribution in [3.05, 3.63) is 12.2 Å². The summed E-state index contributed by atoms with van der Waals surface area (Å²) in [5.41, 5.74) is 0. The van der Waals surface area contributed by atoms with Gasteiger partial charge < -0.3 is 40.3 Å². The molecule has 0 bridgehead atoms. The van der Waals surface area contributed by atoms with Gasteiger partial charge in [0.25, 0.3) is 0 Å². The zero-order valence-electron chi connectivity index (χ0n) is 33.7. The lowest BCUT2D eigenvalue weighted by Gasteiger charge is -2.40. The minimum atomic E-state index is -1.56. The van der Waals surface area contributed by atoms with E-state index in [1.165, 1.54) is 128 Å². The third kappa shape index (κ3) is 25.1. The summed E-state index contributed by atoms with van der Waals surface area (Å²) in [6.07, 6.45) is 28.3. The van der Waals surface area contributed by atoms with Crippen molar-refractivity contribution in [2.45, 2.75) is 237 Å². The van der Waals surface area contributed by atoms with E-state index in [1.54, 1.807) is 6.08 Å². The standard InChI is InChI=1S/C43H83NO8/c1-4-5-6-7-8-9-10-11-12-13-14-15-16-20-23-26-29-32-39(47)44-36(34-51-43-42(50)41(49)40(48)38(33-45)52-43)37(46)31-28-25-22-19-17-18-21-24-27-30-35(2)3/h28,31,35-38,40-43,45-46,48-50H,4-27,29-30,32-34H2,1-3H3,(H,44,47)/b31-28+/t36-,37+,38+,40+,41-,42+,43+/m0/s1. The van der Waals surface area contributed by atoms with Gasteiger partial charge in [0.2, 0.25) is 5.91 Å². The number of nitrogens with one attached hydrogen (secondary N) is 1. The van der Waals surface area contributed by atoms with Crippen LogP contribution in [-0.4, -0.2) is 87.5 Å². The van der Waals surface area contributed by atoms with Crippen LogP contribution in [0.1, 0.15) is 194 Å². The Kier molecular flexibility index (Phi) is 31.3. The van der Waals surface area contributed by atoms with Crippen molar-refractivity contribution in [3.8, 4) is 0 Å². The third-order valence-electron chi connectivity index (χ3n) is 10.5. The van der Waals surface area contributed by atoms with Crippen LogP contribution in [0.15, 0.2) is 12.2 Å². The van der Waals surface area contributed by atoms with Crippen LogP contribution in [0.2, 0.25) is 0 Å². The Morgan fingerprint density at radius 3 is 1.67 bits per heavy atom. The number of carbonyl (C=O) groups excluding carboxylic acids is 1. The van der Waals surface area contributed by atoms with E-state index in [0.717, 1.165) is 44.4 Å². The quantitative estimate of drug-likeness (QED) is 0.0280. The monoisotopic (exact) mass is 742 g/mol. The lowest BCUT2D eigenvalue weighted by molar-refractivity contribution is -0.302. The van der Waals surface area contributed by atoms with Crippen LogP contribution in [0.25, 0.3) is 0 Å². The molecule has 6 N–H and O–H groups in total. The number of hydrogen-bond donors (Lipinski definition) is 6. The molecule has 9 nitrogen and oxygen atoms in total. The predicted molar refractivity (Wildman–Crippen MR) is 212 cm³/mol. The van der Waals surface area contributed by atoms with Gasteiger partial charge in [-0.3, -0.25) is 4.79 Å². The second-order valence-electron chi connectivity index (χ2n) is 16.0. The molecule has 1 saturated heterocycles. The van der Waals surface area contributed by atoms with Crippen LogP contribution < -0.4 is 5.32 Å². The number of carbonyl (C=O) groups is 1. The molecule has 308 valence electrons. The molecule has 0 aromatic rings. The molecule has 7 atom stereocenters. The molecule has 9 heteroatoms. The van der Waals surface area contributed by atoms with Crippen molar-refractivity contribution in [1.82, 2.24) is 5.32 Å². The first kappa shape index (κ1) is 48.9. The van der Waals surface area contributed by atoms with Crippen molar-refractivity contribution in [3.63, 3.8) is 0 Å². The Balaban J connectivity index is 2.36. The SMILES string of the molecule is CCCCCCCCCCCCCCCCCCCC(=O)N[C@@H](CO[C@@H]1O[C@H](CO)[C@@H](O)[C@H](O)[C@H]1O)[C@H](O)/C=C/CCCCCCCCCC(C)C. The van der Waals surface area contributed by atoms with Crippen molar-refractivity contribution in [1.29, 1.82) is 0 Å². The molecule has 0 spiro atoms. The minimum absolute atomic E-state index is 0.177. The number of ether oxygens (including phenoxy) is 2. The molecule has 0 aliphatic carbocycles. The molecular weight excluding hydrogens is 658 g/mol. The van der Waals surface area contributed by atoms with Gasteiger partial charge in [-0.05, 0) is 25.2 Å². The van der Waals surface area contributed by atoms with Crippen LogP contribution in [0.4, 0.5) is 0 Å². The maximum absolute atomic E-state index is 12.9. The van der Waals surface area contributed by atoms with E-state index in [1.807, 2.05) is 6.08 Å². The van der Waals surface area contributed by atoms with E-state index in [2.05, 4.69) is 26.1 Å². The highest BCUT2D eigenvalue weighted by Gasteiger charge is 2.44. The first-order valence-electron chi connectivity index (χ1n) is 21.8. The lowest BCUT2D eigenvalue weighted by Crippen LogP contribution is -2.60. The maximum Gasteiger partial charge on any atom is 0.220 e. The second-order valence-corrected chi connectivity index (χ2v) is 16.0. The van der Waals surface area contributed by atoms with Gasteiger partial charge in [-0.1, -0.05) is 181 Å². The Labute approximate surface area is 318 Å². The fraction of sp³-hybridized carbons (Fsp3) is 0.930. The van der Waals surface area contributed by atoms with Gasteiger partial charge in [0.15, 0.2) is 6.29 Å². The predicted octanol–water partition coefficient (Wildman–Crippen LogP) is 8.41. The van der Waals surface area contributed by atoms with Gasteiger partial charge in [0.05, 0.1) is 25.4 Å². The maximum atomic E-state index is 12.9. The zero-order valence-corrected chi connectivity index (χ0v) is 33.7. The average molecular weight is 742 g/mol. The Morgan fingerprint density at radius 2 is 1.17 bits per heavy atom. The summed E-state index contributed by atoms with van der Waals surface area (Å²) in [6, 6.07) is -0.798. The largest absolute Gasteiger partial charge is 0.394 e. The number of unbranched alkanes of at least 4 members (excludes halogenated alkanes) is 23. The first-order valence-corrected chi connectivity index (χ1v) is 21.8. The van der Waals surface area contributed by atoms with E-state index in [-0.39, 0.29) is 12.5 Å². The number of rotatable bonds is 35. The van der Waals surface area contributed by atoms with Crippen LogP contribution in [0.5, 0.6) is 0 Å². The topological polar surface area (TPSA) is 149 Å². The summed E-state index contributed by atoms with van der Waals surface area (Å²) in [6.45, 7) is 6.07. The molecule has 0 unspecified atom stereocenters. The van der Waals surface area contributed by atoms with Crippen LogP contribution >= 0.6 is 0 Å². The first-order chi connectivity index (χ1) is 25.2. The molecule has 1 amide bonds. The molecule has 1 rings (SSSR count). The normalized spacial score (nSPS) is 22.0. The lowest BCUT2D eigenvalue weighted by atomic mass is 9.99. The number of aliphatic hydroxyl groups excluding tert-OH is 5. The summed E-state index contributed by atoms with van der Waals surface area (Å²) in [7, 11) is 0. The highest BCUT2D eigenvalue weighted by molar-refractivity contribution is 5.76. The van der Waals surface area contributed by atoms with Crippen molar-refractivity contribution >= 4 is 5.91 Å². The third-order valence-corrected chi connectivity index (χ3v) is 10.5. The Morgan fingerprint density at radius 1 is 0.692 bits per heavy atom. The molecule has 1 fully saturated rings. The minimum Gasteiger partial charge on any atom is -0.394 e. The number of amides is 1. The molecule has 1 aliphatic rings. The van der Waals surface area contributed by atoms with Crippen molar-refractivity contribution in [2.24, 2.45) is 5.92 Å². The van der Waals surface area contributed by atoms with E-state index in [4.69, 9.17) is 9.47 Å². The van der Waals surface area contributed by atoms with Crippen LogP contribution in [0.3, 0.4) is 0 Å². The summed E-state index contributed by atoms with van der Waals surface area (Å²) >= 11 is 0. The van der Waals surface area contributed by atoms with Gasteiger partial charge in [-0.2, -0.15) is 0 Å².